The quantitative estimate of drug-likeness (QED) is 0.339. The summed E-state index contributed by atoms with van der Waals surface area (Å²) in [6.45, 7) is 2.85. The molecule has 0 atom stereocenters. The number of halogens is 5. The van der Waals surface area contributed by atoms with E-state index < -0.39 is 41.0 Å². The molecule has 0 unspecified atom stereocenters. The van der Waals surface area contributed by atoms with Crippen LogP contribution in [0.4, 0.5) is 27.8 Å². The van der Waals surface area contributed by atoms with E-state index in [1.807, 2.05) is 12.1 Å². The van der Waals surface area contributed by atoms with Crippen molar-refractivity contribution < 1.29 is 22.0 Å². The van der Waals surface area contributed by atoms with E-state index >= 15 is 0 Å². The molecule has 1 fully saturated rings. The zero-order valence-electron chi connectivity index (χ0n) is 20.2. The Labute approximate surface area is 223 Å². The van der Waals surface area contributed by atoms with Gasteiger partial charge in [-0.1, -0.05) is 6.07 Å². The number of nitrogens with one attached hydrogen (secondary N) is 1. The number of nitriles is 1. The van der Waals surface area contributed by atoms with Crippen LogP contribution >= 0.6 is 11.3 Å². The topological polar surface area (TPSA) is 74.0 Å². The molecule has 6 nitrogen and oxygen atoms in total. The van der Waals surface area contributed by atoms with Crippen LogP contribution in [-0.4, -0.2) is 35.7 Å². The lowest BCUT2D eigenvalue weighted by Gasteiger charge is -2.28. The van der Waals surface area contributed by atoms with E-state index in [0.29, 0.717) is 15.8 Å². The van der Waals surface area contributed by atoms with Gasteiger partial charge in [0, 0.05) is 54.4 Å². The fourth-order valence-electron chi connectivity index (χ4n) is 4.40. The number of nitrogens with zero attached hydrogens (tertiary/aromatic N) is 4. The Hall–Kier alpha value is -4.08. The minimum atomic E-state index is -4.97. The Bertz CT molecular complexity index is 1620. The predicted molar refractivity (Wildman–Crippen MR) is 138 cm³/mol. The molecule has 0 amide bonds. The molecule has 4 aromatic rings. The maximum atomic E-state index is 14.4. The van der Waals surface area contributed by atoms with Gasteiger partial charge in [0.25, 0.3) is 5.56 Å². The number of piperazine rings is 1. The van der Waals surface area contributed by atoms with Crippen molar-refractivity contribution in [1.82, 2.24) is 14.9 Å². The number of anilines is 1. The first-order chi connectivity index (χ1) is 18.7. The van der Waals surface area contributed by atoms with E-state index in [1.165, 1.54) is 6.07 Å². The standard InChI is InChI=1S/C27H20F5N5OS/c28-18-3-1-17(21(29)11-18)15-37-22(12-20(27(30,31)32)19(13-33)26(37)38)24-5-4-23(39-24)16-2-6-25(35-14-16)36-9-7-34-8-10-36/h1-6,11-12,14,34H,7-10,15H2. The molecule has 200 valence electrons. The fraction of sp³-hybridized carbons (Fsp3) is 0.222. The van der Waals surface area contributed by atoms with Crippen molar-refractivity contribution in [3.05, 3.63) is 93.4 Å². The van der Waals surface area contributed by atoms with Crippen LogP contribution in [0.15, 0.2) is 59.5 Å². The third kappa shape index (κ3) is 5.41. The van der Waals surface area contributed by atoms with Gasteiger partial charge in [-0.25, -0.2) is 13.8 Å². The van der Waals surface area contributed by atoms with Crippen LogP contribution in [0.3, 0.4) is 0 Å². The molecule has 4 heterocycles. The second-order valence-electron chi connectivity index (χ2n) is 8.86. The van der Waals surface area contributed by atoms with Crippen LogP contribution in [0, 0.1) is 23.0 Å². The number of rotatable bonds is 5. The van der Waals surface area contributed by atoms with Crippen LogP contribution in [-0.2, 0) is 12.7 Å². The zero-order chi connectivity index (χ0) is 27.7. The lowest BCUT2D eigenvalue weighted by Crippen LogP contribution is -2.43. The summed E-state index contributed by atoms with van der Waals surface area (Å²) in [6.07, 6.45) is -3.29. The number of thiophene rings is 1. The lowest BCUT2D eigenvalue weighted by molar-refractivity contribution is -0.137. The molecular weight excluding hydrogens is 537 g/mol. The van der Waals surface area contributed by atoms with Gasteiger partial charge in [-0.15, -0.1) is 11.3 Å². The average Bonchev–Trinajstić information content (AvgIpc) is 3.41. The Morgan fingerprint density at radius 1 is 1.03 bits per heavy atom. The summed E-state index contributed by atoms with van der Waals surface area (Å²) in [6, 6.07) is 11.8. The molecule has 3 aromatic heterocycles. The number of alkyl halides is 3. The number of pyridine rings is 2. The third-order valence-electron chi connectivity index (χ3n) is 6.39. The Morgan fingerprint density at radius 3 is 2.41 bits per heavy atom. The van der Waals surface area contributed by atoms with E-state index in [9.17, 15) is 32.0 Å². The van der Waals surface area contributed by atoms with Crippen LogP contribution in [0.25, 0.3) is 21.0 Å². The highest BCUT2D eigenvalue weighted by atomic mass is 32.1. The summed E-state index contributed by atoms with van der Waals surface area (Å²) >= 11 is 1.13. The summed E-state index contributed by atoms with van der Waals surface area (Å²) < 4.78 is 70.2. The van der Waals surface area contributed by atoms with E-state index in [2.05, 4.69) is 15.2 Å². The van der Waals surface area contributed by atoms with Crippen LogP contribution in [0.1, 0.15) is 16.7 Å². The smallest absolute Gasteiger partial charge is 0.354 e. The van der Waals surface area contributed by atoms with Gasteiger partial charge < -0.3 is 14.8 Å². The largest absolute Gasteiger partial charge is 0.417 e. The van der Waals surface area contributed by atoms with Crippen molar-refractivity contribution in [2.24, 2.45) is 0 Å². The van der Waals surface area contributed by atoms with E-state index in [-0.39, 0.29) is 11.3 Å². The lowest BCUT2D eigenvalue weighted by atomic mass is 10.1. The maximum absolute atomic E-state index is 14.4. The van der Waals surface area contributed by atoms with Crippen LogP contribution in [0.5, 0.6) is 0 Å². The predicted octanol–water partition coefficient (Wildman–Crippen LogP) is 5.27. The van der Waals surface area contributed by atoms with Crippen LogP contribution < -0.4 is 15.8 Å². The Balaban J connectivity index is 1.58. The maximum Gasteiger partial charge on any atom is 0.417 e. The third-order valence-corrected chi connectivity index (χ3v) is 7.55. The first-order valence-corrected chi connectivity index (χ1v) is 12.7. The van der Waals surface area contributed by atoms with Crippen molar-refractivity contribution in [2.75, 3.05) is 31.1 Å². The highest BCUT2D eigenvalue weighted by Gasteiger charge is 2.37. The minimum Gasteiger partial charge on any atom is -0.354 e. The molecule has 1 saturated heterocycles. The van der Waals surface area contributed by atoms with Crippen LogP contribution in [0.2, 0.25) is 0 Å². The van der Waals surface area contributed by atoms with E-state index in [1.54, 1.807) is 18.3 Å². The highest BCUT2D eigenvalue weighted by molar-refractivity contribution is 7.18. The van der Waals surface area contributed by atoms with Crippen molar-refractivity contribution >= 4 is 17.2 Å². The monoisotopic (exact) mass is 557 g/mol. The molecule has 5 rings (SSSR count). The number of benzene rings is 1. The van der Waals surface area contributed by atoms with Gasteiger partial charge in [0.05, 0.1) is 22.7 Å². The second-order valence-corrected chi connectivity index (χ2v) is 9.94. The van der Waals surface area contributed by atoms with Crippen molar-refractivity contribution in [3.8, 4) is 27.1 Å². The summed E-state index contributed by atoms with van der Waals surface area (Å²) in [5.41, 5.74) is -3.23. The van der Waals surface area contributed by atoms with Crippen molar-refractivity contribution in [2.45, 2.75) is 12.7 Å². The molecule has 1 N–H and O–H groups in total. The summed E-state index contributed by atoms with van der Waals surface area (Å²) in [5.74, 6) is -0.990. The van der Waals surface area contributed by atoms with Gasteiger partial charge in [0.2, 0.25) is 0 Å². The molecule has 0 saturated carbocycles. The Kier molecular flexibility index (Phi) is 7.20. The van der Waals surface area contributed by atoms with Gasteiger partial charge >= 0.3 is 6.18 Å². The zero-order valence-corrected chi connectivity index (χ0v) is 21.0. The molecule has 0 radical (unpaired) electrons. The summed E-state index contributed by atoms with van der Waals surface area (Å²) in [7, 11) is 0. The summed E-state index contributed by atoms with van der Waals surface area (Å²) in [5, 5.41) is 12.6. The molecule has 0 spiro atoms. The molecule has 1 aliphatic rings. The van der Waals surface area contributed by atoms with Gasteiger partial charge in [-0.05, 0) is 36.4 Å². The fourth-order valence-corrected chi connectivity index (χ4v) is 5.42. The van der Waals surface area contributed by atoms with E-state index in [0.717, 1.165) is 71.7 Å². The molecular formula is C27H20F5N5OS. The number of hydrogen-bond acceptors (Lipinski definition) is 6. The van der Waals surface area contributed by atoms with Crippen molar-refractivity contribution in [1.29, 1.82) is 5.26 Å². The first-order valence-electron chi connectivity index (χ1n) is 11.9. The normalized spacial score (nSPS) is 13.9. The van der Waals surface area contributed by atoms with Gasteiger partial charge in [0.15, 0.2) is 0 Å². The number of aromatic nitrogens is 2. The molecule has 1 aromatic carbocycles. The number of hydrogen-bond donors (Lipinski definition) is 1. The molecule has 1 aliphatic heterocycles. The summed E-state index contributed by atoms with van der Waals surface area (Å²) in [4.78, 5) is 20.8. The molecule has 12 heteroatoms. The molecule has 0 bridgehead atoms. The SMILES string of the molecule is N#Cc1c(C(F)(F)F)cc(-c2ccc(-c3ccc(N4CCNCC4)nc3)s2)n(Cc2ccc(F)cc2F)c1=O. The Morgan fingerprint density at radius 2 is 1.77 bits per heavy atom. The average molecular weight is 558 g/mol. The minimum absolute atomic E-state index is 0.118. The van der Waals surface area contributed by atoms with Gasteiger partial charge in [-0.2, -0.15) is 18.4 Å². The van der Waals surface area contributed by atoms with Gasteiger partial charge in [0.1, 0.15) is 29.1 Å². The highest BCUT2D eigenvalue weighted by Crippen LogP contribution is 2.38. The van der Waals surface area contributed by atoms with E-state index in [4.69, 9.17) is 0 Å². The first kappa shape index (κ1) is 26.5. The van der Waals surface area contributed by atoms with Gasteiger partial charge in [-0.3, -0.25) is 4.79 Å². The molecule has 39 heavy (non-hydrogen) atoms. The molecule has 0 aliphatic carbocycles. The van der Waals surface area contributed by atoms with Crippen molar-refractivity contribution in [3.63, 3.8) is 0 Å². The second kappa shape index (κ2) is 10.6.